The minimum Gasteiger partial charge on any atom is -0.368 e. The van der Waals surface area contributed by atoms with Crippen molar-refractivity contribution in [2.75, 3.05) is 5.73 Å². The fraction of sp³-hybridized carbons (Fsp3) is 0. The molecule has 0 atom stereocenters. The van der Waals surface area contributed by atoms with Gasteiger partial charge in [0.25, 0.3) is 5.56 Å². The van der Waals surface area contributed by atoms with Gasteiger partial charge in [0, 0.05) is 46.7 Å². The van der Waals surface area contributed by atoms with E-state index in [4.69, 9.17) is 28.9 Å². The number of aromatic nitrogens is 3. The normalized spacial score (nSPS) is 10.4. The standard InChI is InChI=1S/C13H8Cl2N4O.Na/c14-8-2-1-3-9(15)10(8)7-4-6-5-17-13(16)19-11(6)18-12(7)20;/h1-5H,(H3,16,17,18,19,20);. The second-order valence-corrected chi connectivity index (χ2v) is 4.96. The number of hydrogen-bond acceptors (Lipinski definition) is 4. The molecule has 0 saturated heterocycles. The van der Waals surface area contributed by atoms with E-state index in [1.165, 1.54) is 6.20 Å². The molecular weight excluding hydrogens is 322 g/mol. The predicted molar refractivity (Wildman–Crippen MR) is 85.8 cm³/mol. The van der Waals surface area contributed by atoms with Gasteiger partial charge >= 0.3 is 0 Å². The maximum atomic E-state index is 12.2. The third kappa shape index (κ3) is 3.07. The van der Waals surface area contributed by atoms with Crippen molar-refractivity contribution in [2.24, 2.45) is 0 Å². The van der Waals surface area contributed by atoms with Crippen molar-refractivity contribution in [3.8, 4) is 11.1 Å². The number of benzene rings is 1. The van der Waals surface area contributed by atoms with Gasteiger partial charge in [-0.05, 0) is 18.2 Å². The van der Waals surface area contributed by atoms with Crippen LogP contribution in [0.3, 0.4) is 0 Å². The SMILES string of the molecule is Nc1ncc2cc(-c3c(Cl)cccc3Cl)c(=O)[nH]c2n1.[Na]. The molecule has 101 valence electrons. The Morgan fingerprint density at radius 1 is 1.19 bits per heavy atom. The number of H-pyrrole nitrogens is 1. The molecule has 3 N–H and O–H groups in total. The number of nitrogens with two attached hydrogens (primary N) is 1. The Kier molecular flexibility index (Phi) is 4.91. The number of hydrogen-bond donors (Lipinski definition) is 2. The van der Waals surface area contributed by atoms with E-state index in [0.29, 0.717) is 32.2 Å². The maximum absolute atomic E-state index is 12.2. The Morgan fingerprint density at radius 2 is 1.86 bits per heavy atom. The summed E-state index contributed by atoms with van der Waals surface area (Å²) in [5, 5.41) is 1.45. The minimum absolute atomic E-state index is 0. The summed E-state index contributed by atoms with van der Waals surface area (Å²) < 4.78 is 0. The van der Waals surface area contributed by atoms with Crippen LogP contribution in [0, 0.1) is 0 Å². The van der Waals surface area contributed by atoms with Crippen LogP contribution in [0.2, 0.25) is 10.0 Å². The van der Waals surface area contributed by atoms with Crippen molar-refractivity contribution in [2.45, 2.75) is 0 Å². The Hall–Kier alpha value is -1.11. The van der Waals surface area contributed by atoms with Crippen LogP contribution >= 0.6 is 23.2 Å². The zero-order chi connectivity index (χ0) is 14.3. The van der Waals surface area contributed by atoms with Crippen molar-refractivity contribution in [1.82, 2.24) is 15.0 Å². The number of aromatic amines is 1. The van der Waals surface area contributed by atoms with E-state index in [2.05, 4.69) is 15.0 Å². The zero-order valence-corrected chi connectivity index (χ0v) is 14.5. The monoisotopic (exact) mass is 329 g/mol. The molecule has 5 nitrogen and oxygen atoms in total. The van der Waals surface area contributed by atoms with Crippen molar-refractivity contribution in [3.63, 3.8) is 0 Å². The predicted octanol–water partition coefficient (Wildman–Crippen LogP) is 2.49. The summed E-state index contributed by atoms with van der Waals surface area (Å²) in [7, 11) is 0. The van der Waals surface area contributed by atoms with E-state index >= 15 is 0 Å². The smallest absolute Gasteiger partial charge is 0.257 e. The second kappa shape index (κ2) is 6.34. The van der Waals surface area contributed by atoms with Crippen LogP contribution in [-0.4, -0.2) is 44.5 Å². The Morgan fingerprint density at radius 3 is 2.52 bits per heavy atom. The first-order valence-electron chi connectivity index (χ1n) is 5.66. The van der Waals surface area contributed by atoms with Gasteiger partial charge in [-0.3, -0.25) is 4.79 Å². The van der Waals surface area contributed by atoms with Gasteiger partial charge in [-0.1, -0.05) is 29.3 Å². The summed E-state index contributed by atoms with van der Waals surface area (Å²) in [5.74, 6) is 0.0941. The van der Waals surface area contributed by atoms with Crippen LogP contribution in [0.15, 0.2) is 35.3 Å². The van der Waals surface area contributed by atoms with E-state index in [9.17, 15) is 4.79 Å². The van der Waals surface area contributed by atoms with Crippen LogP contribution in [0.5, 0.6) is 0 Å². The number of nitrogen functional groups attached to an aromatic ring is 1. The van der Waals surface area contributed by atoms with Gasteiger partial charge in [0.05, 0.1) is 15.6 Å². The van der Waals surface area contributed by atoms with Gasteiger partial charge in [-0.2, -0.15) is 4.98 Å². The summed E-state index contributed by atoms with van der Waals surface area (Å²) >= 11 is 12.2. The molecular formula is C13H8Cl2N4NaO. The molecule has 0 saturated carbocycles. The molecule has 0 bridgehead atoms. The molecule has 2 heterocycles. The van der Waals surface area contributed by atoms with E-state index in [1.54, 1.807) is 24.3 Å². The zero-order valence-electron chi connectivity index (χ0n) is 11.0. The molecule has 0 aliphatic rings. The quantitative estimate of drug-likeness (QED) is 0.672. The molecule has 0 fully saturated rings. The van der Waals surface area contributed by atoms with E-state index < -0.39 is 0 Å². The summed E-state index contributed by atoms with van der Waals surface area (Å²) in [6.07, 6.45) is 1.53. The Labute approximate surface area is 151 Å². The molecule has 1 radical (unpaired) electrons. The molecule has 0 unspecified atom stereocenters. The molecule has 21 heavy (non-hydrogen) atoms. The number of fused-ring (bicyclic) bond motifs is 1. The first-order chi connectivity index (χ1) is 9.56. The van der Waals surface area contributed by atoms with Gasteiger partial charge in [0.1, 0.15) is 5.65 Å². The molecule has 0 aliphatic heterocycles. The molecule has 0 amide bonds. The van der Waals surface area contributed by atoms with E-state index in [1.807, 2.05) is 0 Å². The van der Waals surface area contributed by atoms with E-state index in [0.717, 1.165) is 0 Å². The number of rotatable bonds is 1. The Bertz CT molecular complexity index is 861. The fourth-order valence-corrected chi connectivity index (χ4v) is 2.55. The van der Waals surface area contributed by atoms with Crippen molar-refractivity contribution in [1.29, 1.82) is 0 Å². The van der Waals surface area contributed by atoms with Crippen molar-refractivity contribution < 1.29 is 0 Å². The summed E-state index contributed by atoms with van der Waals surface area (Å²) in [4.78, 5) is 22.7. The molecule has 2 aromatic heterocycles. The summed E-state index contributed by atoms with van der Waals surface area (Å²) in [5.41, 5.74) is 6.36. The molecule has 3 aromatic rings. The number of pyridine rings is 1. The molecule has 3 rings (SSSR count). The minimum atomic E-state index is -0.342. The Balaban J connectivity index is 0.00000161. The number of nitrogens with one attached hydrogen (secondary N) is 1. The van der Waals surface area contributed by atoms with Gasteiger partial charge in [0.2, 0.25) is 5.95 Å². The largest absolute Gasteiger partial charge is 0.368 e. The van der Waals surface area contributed by atoms with Gasteiger partial charge in [-0.15, -0.1) is 0 Å². The number of halogens is 2. The number of anilines is 1. The first kappa shape index (κ1) is 16.3. The van der Waals surface area contributed by atoms with Crippen molar-refractivity contribution in [3.05, 3.63) is 50.9 Å². The molecule has 0 aliphatic carbocycles. The van der Waals surface area contributed by atoms with Crippen LogP contribution in [0.4, 0.5) is 5.95 Å². The van der Waals surface area contributed by atoms with Gasteiger partial charge < -0.3 is 10.7 Å². The molecule has 0 spiro atoms. The van der Waals surface area contributed by atoms with Gasteiger partial charge in [-0.25, -0.2) is 4.98 Å². The first-order valence-corrected chi connectivity index (χ1v) is 6.42. The average Bonchev–Trinajstić information content (AvgIpc) is 2.39. The van der Waals surface area contributed by atoms with E-state index in [-0.39, 0.29) is 41.1 Å². The average molecular weight is 330 g/mol. The maximum Gasteiger partial charge on any atom is 0.257 e. The van der Waals surface area contributed by atoms with Crippen LogP contribution in [0.1, 0.15) is 0 Å². The molecule has 8 heteroatoms. The van der Waals surface area contributed by atoms with Crippen LogP contribution < -0.4 is 11.3 Å². The third-order valence-electron chi connectivity index (χ3n) is 2.84. The summed E-state index contributed by atoms with van der Waals surface area (Å²) in [6.45, 7) is 0. The fourth-order valence-electron chi connectivity index (χ4n) is 1.95. The third-order valence-corrected chi connectivity index (χ3v) is 3.47. The second-order valence-electron chi connectivity index (χ2n) is 4.14. The van der Waals surface area contributed by atoms with Crippen molar-refractivity contribution >= 4 is 69.7 Å². The number of nitrogens with zero attached hydrogens (tertiary/aromatic N) is 2. The van der Waals surface area contributed by atoms with Gasteiger partial charge in [0.15, 0.2) is 0 Å². The van der Waals surface area contributed by atoms with Crippen LogP contribution in [0.25, 0.3) is 22.2 Å². The topological polar surface area (TPSA) is 84.7 Å². The summed E-state index contributed by atoms with van der Waals surface area (Å²) in [6, 6.07) is 6.70. The molecule has 1 aromatic carbocycles. The van der Waals surface area contributed by atoms with Crippen LogP contribution in [-0.2, 0) is 0 Å².